The van der Waals surface area contributed by atoms with Crippen molar-refractivity contribution < 1.29 is 26.2 Å². The van der Waals surface area contributed by atoms with Gasteiger partial charge in [-0.2, -0.15) is 12.1 Å². The van der Waals surface area contributed by atoms with Crippen molar-refractivity contribution in [2.75, 3.05) is 0 Å². The Morgan fingerprint density at radius 2 is 1.90 bits per heavy atom. The van der Waals surface area contributed by atoms with Crippen LogP contribution in [0, 0.1) is 13.8 Å². The van der Waals surface area contributed by atoms with Crippen LogP contribution in [0.5, 0.6) is 0 Å². The van der Waals surface area contributed by atoms with Crippen LogP contribution in [0.25, 0.3) is 0 Å². The molecule has 0 aliphatic rings. The Balaban J connectivity index is -0.000000163. The van der Waals surface area contributed by atoms with Crippen LogP contribution in [0.15, 0.2) is 12.1 Å². The molecule has 4 heteroatoms. The molecule has 0 bridgehead atoms. The number of rotatable bonds is 0. The molecule has 0 saturated carbocycles. The maximum Gasteiger partial charge on any atom is 0 e. The zero-order valence-corrected chi connectivity index (χ0v) is 10.0. The Morgan fingerprint density at radius 3 is 2.00 bits per heavy atom. The Bertz CT molecular complexity index is 148. The summed E-state index contributed by atoms with van der Waals surface area (Å²) in [5, 5.41) is 0. The third kappa shape index (κ3) is 5.52. The molecule has 0 aliphatic carbocycles. The van der Waals surface area contributed by atoms with Crippen molar-refractivity contribution in [1.82, 2.24) is 4.98 Å². The first-order valence-corrected chi connectivity index (χ1v) is 2.36. The molecule has 1 nitrogen and oxygen atoms in total. The average Bonchev–Trinajstić information content (AvgIpc) is 1.87. The van der Waals surface area contributed by atoms with E-state index in [-0.39, 0.29) is 51.0 Å². The van der Waals surface area contributed by atoms with Gasteiger partial charge in [-0.3, -0.25) is 0 Å². The molecule has 1 heterocycles. The Labute approximate surface area is 92.9 Å². The first kappa shape index (κ1) is 17.0. The van der Waals surface area contributed by atoms with Crippen molar-refractivity contribution in [3.05, 3.63) is 23.5 Å². The Hall–Kier alpha value is 0.743. The van der Waals surface area contributed by atoms with Crippen LogP contribution in [0.4, 0.5) is 0 Å². The molecule has 0 fully saturated rings. The summed E-state index contributed by atoms with van der Waals surface area (Å²) in [6.07, 6.45) is 0. The summed E-state index contributed by atoms with van der Waals surface area (Å²) in [6.45, 7) is 3.99. The number of halogens is 2. The molecule has 0 saturated heterocycles. The molecule has 0 N–H and O–H groups in total. The molecule has 1 rings (SSSR count). The summed E-state index contributed by atoms with van der Waals surface area (Å²) in [7, 11) is 0. The fourth-order valence-corrected chi connectivity index (χ4v) is 0.594. The molecule has 1 aromatic rings. The number of aromatic nitrogens is 1. The average molecular weight is 258 g/mol. The van der Waals surface area contributed by atoms with Gasteiger partial charge in [-0.05, 0) is 0 Å². The third-order valence-electron chi connectivity index (χ3n) is 0.918. The second-order valence-electron chi connectivity index (χ2n) is 1.73. The van der Waals surface area contributed by atoms with E-state index in [2.05, 4.69) is 4.98 Å². The maximum atomic E-state index is 4.11. The molecule has 0 radical (unpaired) electrons. The zero-order chi connectivity index (χ0) is 5.28. The summed E-state index contributed by atoms with van der Waals surface area (Å²) in [5.74, 6) is 0. The predicted octanol–water partition coefficient (Wildman–Crippen LogP) is 2.26. The fraction of sp³-hybridized carbons (Fsp3) is 0.333. The summed E-state index contributed by atoms with van der Waals surface area (Å²) < 4.78 is 0. The molecule has 0 atom stereocenters. The van der Waals surface area contributed by atoms with Gasteiger partial charge in [-0.25, -0.2) is 0 Å². The minimum atomic E-state index is 0. The van der Waals surface area contributed by atoms with E-state index < -0.39 is 0 Å². The van der Waals surface area contributed by atoms with Crippen molar-refractivity contribution >= 4 is 24.8 Å². The minimum absolute atomic E-state index is 0. The van der Waals surface area contributed by atoms with Gasteiger partial charge in [0.1, 0.15) is 0 Å². The number of nitrogens with zero attached hydrogens (tertiary/aromatic N) is 1. The van der Waals surface area contributed by atoms with Crippen LogP contribution < -0.4 is 0 Å². The molecule has 0 amide bonds. The van der Waals surface area contributed by atoms with E-state index in [9.17, 15) is 0 Å². The van der Waals surface area contributed by atoms with Crippen LogP contribution in [-0.2, 0) is 26.2 Å². The number of hydrogen-bond donors (Lipinski definition) is 0. The molecule has 10 heavy (non-hydrogen) atoms. The summed E-state index contributed by atoms with van der Waals surface area (Å²) in [4.78, 5) is 4.11. The van der Waals surface area contributed by atoms with E-state index in [1.54, 1.807) is 0 Å². The fourth-order valence-electron chi connectivity index (χ4n) is 0.594. The molecule has 1 aromatic heterocycles. The molecule has 0 spiro atoms. The normalized spacial score (nSPS) is 6.60. The van der Waals surface area contributed by atoms with Gasteiger partial charge >= 0.3 is 0 Å². The van der Waals surface area contributed by atoms with Gasteiger partial charge in [0, 0.05) is 26.2 Å². The predicted molar refractivity (Wildman–Crippen MR) is 43.8 cm³/mol. The smallest absolute Gasteiger partial charge is 0 e. The SMILES string of the molecule is Cc1cc[c-](C)n1.Cl.Cl.[Zr]. The second kappa shape index (κ2) is 7.85. The van der Waals surface area contributed by atoms with Gasteiger partial charge in [0.2, 0.25) is 0 Å². The van der Waals surface area contributed by atoms with E-state index in [1.165, 1.54) is 0 Å². The van der Waals surface area contributed by atoms with Crippen molar-refractivity contribution in [1.29, 1.82) is 0 Å². The number of aryl methyl sites for hydroxylation is 2. The van der Waals surface area contributed by atoms with E-state index in [4.69, 9.17) is 0 Å². The van der Waals surface area contributed by atoms with Crippen LogP contribution in [0.3, 0.4) is 0 Å². The molecular formula is C6H10Cl2NZr-. The molecule has 0 aliphatic heterocycles. The summed E-state index contributed by atoms with van der Waals surface area (Å²) >= 11 is 0. The zero-order valence-electron chi connectivity index (χ0n) is 5.92. The Kier molecular flexibility index (Phi) is 13.3. The largest absolute Gasteiger partial charge is 0.397 e. The first-order chi connectivity index (χ1) is 3.29. The van der Waals surface area contributed by atoms with Gasteiger partial charge in [0.15, 0.2) is 0 Å². The van der Waals surface area contributed by atoms with Crippen LogP contribution in [0.2, 0.25) is 0 Å². The van der Waals surface area contributed by atoms with Gasteiger partial charge in [-0.1, -0.05) is 19.5 Å². The van der Waals surface area contributed by atoms with E-state index in [1.807, 2.05) is 26.0 Å². The molecule has 0 aromatic carbocycles. The standard InChI is InChI=1S/C6H8N.2ClH.Zr/c1-5-3-4-6(2)7-5;;;/h3-4H,1-2H3;2*1H;/q-1;;;. The van der Waals surface area contributed by atoms with Gasteiger partial charge in [0.25, 0.3) is 0 Å². The van der Waals surface area contributed by atoms with Crippen molar-refractivity contribution in [3.63, 3.8) is 0 Å². The van der Waals surface area contributed by atoms with Gasteiger partial charge < -0.3 is 4.98 Å². The van der Waals surface area contributed by atoms with Gasteiger partial charge in [0.05, 0.1) is 0 Å². The van der Waals surface area contributed by atoms with Crippen molar-refractivity contribution in [2.24, 2.45) is 0 Å². The Morgan fingerprint density at radius 1 is 1.40 bits per heavy atom. The summed E-state index contributed by atoms with van der Waals surface area (Å²) in [5.41, 5.74) is 2.22. The second-order valence-corrected chi connectivity index (χ2v) is 1.73. The van der Waals surface area contributed by atoms with Crippen LogP contribution in [-0.4, -0.2) is 4.98 Å². The number of hydrogen-bond acceptors (Lipinski definition) is 1. The van der Waals surface area contributed by atoms with Crippen LogP contribution >= 0.6 is 24.8 Å². The van der Waals surface area contributed by atoms with E-state index in [0.29, 0.717) is 0 Å². The maximum absolute atomic E-state index is 4.11. The van der Waals surface area contributed by atoms with E-state index in [0.717, 1.165) is 11.4 Å². The summed E-state index contributed by atoms with van der Waals surface area (Å²) in [6, 6.07) is 4.02. The first-order valence-electron chi connectivity index (χ1n) is 2.36. The van der Waals surface area contributed by atoms with Crippen LogP contribution in [0.1, 0.15) is 11.4 Å². The molecule has 58 valence electrons. The van der Waals surface area contributed by atoms with Crippen molar-refractivity contribution in [3.8, 4) is 0 Å². The van der Waals surface area contributed by atoms with Gasteiger partial charge in [-0.15, -0.1) is 30.5 Å². The quantitative estimate of drug-likeness (QED) is 0.650. The molecule has 0 unspecified atom stereocenters. The molecular weight excluding hydrogens is 248 g/mol. The topological polar surface area (TPSA) is 12.9 Å². The van der Waals surface area contributed by atoms with E-state index >= 15 is 0 Å². The van der Waals surface area contributed by atoms with Crippen molar-refractivity contribution in [2.45, 2.75) is 13.8 Å². The monoisotopic (exact) mass is 256 g/mol. The minimum Gasteiger partial charge on any atom is -0.397 e. The third-order valence-corrected chi connectivity index (χ3v) is 0.918.